The van der Waals surface area contributed by atoms with Gasteiger partial charge in [-0.3, -0.25) is 0 Å². The average Bonchev–Trinajstić information content (AvgIpc) is 3.31. The van der Waals surface area contributed by atoms with Crippen molar-refractivity contribution in [1.29, 1.82) is 0 Å². The maximum absolute atomic E-state index is 5.42. The van der Waals surface area contributed by atoms with Gasteiger partial charge in [0.2, 0.25) is 12.6 Å². The molecule has 1 unspecified atom stereocenters. The van der Waals surface area contributed by atoms with Crippen LogP contribution in [-0.2, 0) is 13.0 Å². The summed E-state index contributed by atoms with van der Waals surface area (Å²) in [6.45, 7) is 3.49. The Morgan fingerprint density at radius 3 is 3.04 bits per heavy atom. The fourth-order valence-corrected chi connectivity index (χ4v) is 3.17. The van der Waals surface area contributed by atoms with Gasteiger partial charge in [-0.2, -0.15) is 4.98 Å². The normalized spacial score (nSPS) is 18.6. The highest BCUT2D eigenvalue weighted by Crippen LogP contribution is 2.35. The number of hydrogen-bond donors (Lipinski definition) is 0. The number of imidazole rings is 1. The van der Waals surface area contributed by atoms with Crippen molar-refractivity contribution in [3.05, 3.63) is 30.2 Å². The summed E-state index contributed by atoms with van der Waals surface area (Å²) in [5.74, 6) is 4.15. The van der Waals surface area contributed by atoms with E-state index in [4.69, 9.17) is 14.0 Å². The van der Waals surface area contributed by atoms with Crippen molar-refractivity contribution >= 4 is 0 Å². The van der Waals surface area contributed by atoms with Gasteiger partial charge in [0.1, 0.15) is 11.5 Å². The van der Waals surface area contributed by atoms with Crippen molar-refractivity contribution in [2.75, 3.05) is 6.79 Å². The van der Waals surface area contributed by atoms with E-state index in [0.29, 0.717) is 23.4 Å². The van der Waals surface area contributed by atoms with Crippen LogP contribution in [0.4, 0.5) is 0 Å². The fourth-order valence-electron chi connectivity index (χ4n) is 3.17. The molecule has 0 aliphatic carbocycles. The smallest absolute Gasteiger partial charge is 0.278 e. The van der Waals surface area contributed by atoms with Crippen molar-refractivity contribution in [3.8, 4) is 34.5 Å². The van der Waals surface area contributed by atoms with Gasteiger partial charge in [-0.1, -0.05) is 12.1 Å². The van der Waals surface area contributed by atoms with Gasteiger partial charge in [0.15, 0.2) is 11.5 Å². The van der Waals surface area contributed by atoms with E-state index in [1.54, 1.807) is 0 Å². The van der Waals surface area contributed by atoms with E-state index in [-0.39, 0.29) is 6.79 Å². The van der Waals surface area contributed by atoms with Crippen LogP contribution in [0.25, 0.3) is 23.0 Å². The number of ether oxygens (including phenoxy) is 2. The SMILES string of the molecule is CC1CCn2cc(-c3nc(-c4ccc5c(c4)OCO5)no3)nc2C1. The van der Waals surface area contributed by atoms with Crippen LogP contribution < -0.4 is 9.47 Å². The molecule has 7 heteroatoms. The first-order valence-corrected chi connectivity index (χ1v) is 8.06. The Labute approximate surface area is 138 Å². The minimum absolute atomic E-state index is 0.245. The van der Waals surface area contributed by atoms with Crippen molar-refractivity contribution < 1.29 is 14.0 Å². The lowest BCUT2D eigenvalue weighted by Crippen LogP contribution is -2.16. The molecule has 4 heterocycles. The third-order valence-electron chi connectivity index (χ3n) is 4.53. The summed E-state index contributed by atoms with van der Waals surface area (Å²) < 4.78 is 18.3. The lowest BCUT2D eigenvalue weighted by molar-refractivity contribution is 0.174. The predicted molar refractivity (Wildman–Crippen MR) is 84.6 cm³/mol. The highest BCUT2D eigenvalue weighted by molar-refractivity contribution is 5.62. The molecule has 0 radical (unpaired) electrons. The Hall–Kier alpha value is -2.83. The second-order valence-electron chi connectivity index (χ2n) is 6.32. The molecule has 0 N–H and O–H groups in total. The Balaban J connectivity index is 1.47. The zero-order chi connectivity index (χ0) is 16.1. The number of aryl methyl sites for hydroxylation is 1. The molecule has 0 amide bonds. The summed E-state index contributed by atoms with van der Waals surface area (Å²) in [6, 6.07) is 5.60. The van der Waals surface area contributed by atoms with Gasteiger partial charge in [0, 0.05) is 24.7 Å². The Kier molecular flexibility index (Phi) is 2.88. The summed E-state index contributed by atoms with van der Waals surface area (Å²) in [5, 5.41) is 4.08. The highest BCUT2D eigenvalue weighted by atomic mass is 16.7. The van der Waals surface area contributed by atoms with E-state index in [1.807, 2.05) is 24.4 Å². The molecule has 2 aromatic heterocycles. The van der Waals surface area contributed by atoms with E-state index < -0.39 is 0 Å². The quantitative estimate of drug-likeness (QED) is 0.721. The van der Waals surface area contributed by atoms with E-state index in [0.717, 1.165) is 35.8 Å². The van der Waals surface area contributed by atoms with Crippen molar-refractivity contribution in [2.24, 2.45) is 5.92 Å². The molecule has 3 aromatic rings. The van der Waals surface area contributed by atoms with Gasteiger partial charge in [-0.15, -0.1) is 0 Å². The minimum atomic E-state index is 0.245. The minimum Gasteiger partial charge on any atom is -0.454 e. The molecular formula is C17H16N4O3. The molecule has 2 aliphatic heterocycles. The van der Waals surface area contributed by atoms with Crippen LogP contribution in [0.1, 0.15) is 19.2 Å². The van der Waals surface area contributed by atoms with E-state index in [1.165, 1.54) is 6.42 Å². The third-order valence-corrected chi connectivity index (χ3v) is 4.53. The van der Waals surface area contributed by atoms with Crippen LogP contribution in [0.15, 0.2) is 28.9 Å². The molecule has 0 saturated carbocycles. The van der Waals surface area contributed by atoms with Crippen molar-refractivity contribution in [1.82, 2.24) is 19.7 Å². The van der Waals surface area contributed by atoms with Crippen LogP contribution in [0, 0.1) is 5.92 Å². The standard InChI is InChI=1S/C17H16N4O3/c1-10-4-5-21-8-12(18-15(21)6-10)17-19-16(20-24-17)11-2-3-13-14(7-11)23-9-22-13/h2-3,7-8,10H,4-6,9H2,1H3. The number of rotatable bonds is 2. The first-order chi connectivity index (χ1) is 11.8. The molecule has 0 spiro atoms. The summed E-state index contributed by atoms with van der Waals surface area (Å²) in [7, 11) is 0. The summed E-state index contributed by atoms with van der Waals surface area (Å²) in [6.07, 6.45) is 4.16. The maximum Gasteiger partial charge on any atom is 0.278 e. The van der Waals surface area contributed by atoms with Crippen LogP contribution in [-0.4, -0.2) is 26.5 Å². The van der Waals surface area contributed by atoms with Crippen LogP contribution in [0.5, 0.6) is 11.5 Å². The molecule has 0 saturated heterocycles. The molecule has 1 atom stereocenters. The van der Waals surface area contributed by atoms with Gasteiger partial charge < -0.3 is 18.6 Å². The van der Waals surface area contributed by atoms with Crippen LogP contribution in [0.2, 0.25) is 0 Å². The molecular weight excluding hydrogens is 308 g/mol. The molecule has 7 nitrogen and oxygen atoms in total. The first-order valence-electron chi connectivity index (χ1n) is 8.06. The van der Waals surface area contributed by atoms with E-state index >= 15 is 0 Å². The molecule has 122 valence electrons. The number of aromatic nitrogens is 4. The summed E-state index contributed by atoms with van der Waals surface area (Å²) >= 11 is 0. The Morgan fingerprint density at radius 1 is 1.17 bits per heavy atom. The van der Waals surface area contributed by atoms with Gasteiger partial charge in [-0.25, -0.2) is 4.98 Å². The first kappa shape index (κ1) is 13.6. The van der Waals surface area contributed by atoms with Gasteiger partial charge >= 0.3 is 0 Å². The predicted octanol–water partition coefficient (Wildman–Crippen LogP) is 2.91. The van der Waals surface area contributed by atoms with Crippen molar-refractivity contribution in [3.63, 3.8) is 0 Å². The molecule has 2 aliphatic rings. The Bertz CT molecular complexity index is 914. The lowest BCUT2D eigenvalue weighted by Gasteiger charge is -2.18. The topological polar surface area (TPSA) is 75.2 Å². The monoisotopic (exact) mass is 324 g/mol. The van der Waals surface area contributed by atoms with Gasteiger partial charge in [-0.05, 0) is 30.5 Å². The highest BCUT2D eigenvalue weighted by Gasteiger charge is 2.21. The molecule has 1 aromatic carbocycles. The number of benzene rings is 1. The van der Waals surface area contributed by atoms with Crippen molar-refractivity contribution in [2.45, 2.75) is 26.3 Å². The number of hydrogen-bond acceptors (Lipinski definition) is 6. The summed E-state index contributed by atoms with van der Waals surface area (Å²) in [5.41, 5.74) is 1.56. The second-order valence-corrected chi connectivity index (χ2v) is 6.32. The zero-order valence-electron chi connectivity index (χ0n) is 13.2. The van der Waals surface area contributed by atoms with E-state index in [2.05, 4.69) is 26.6 Å². The van der Waals surface area contributed by atoms with Crippen LogP contribution >= 0.6 is 0 Å². The van der Waals surface area contributed by atoms with E-state index in [9.17, 15) is 0 Å². The van der Waals surface area contributed by atoms with Gasteiger partial charge in [0.25, 0.3) is 5.89 Å². The number of fused-ring (bicyclic) bond motifs is 2. The second kappa shape index (κ2) is 5.09. The number of nitrogens with zero attached hydrogens (tertiary/aromatic N) is 4. The summed E-state index contributed by atoms with van der Waals surface area (Å²) in [4.78, 5) is 9.15. The Morgan fingerprint density at radius 2 is 2.08 bits per heavy atom. The third kappa shape index (κ3) is 2.16. The fraction of sp³-hybridized carbons (Fsp3) is 0.353. The maximum atomic E-state index is 5.42. The molecule has 5 rings (SSSR count). The van der Waals surface area contributed by atoms with Crippen LogP contribution in [0.3, 0.4) is 0 Å². The molecule has 0 bridgehead atoms. The van der Waals surface area contributed by atoms with Gasteiger partial charge in [0.05, 0.1) is 0 Å². The largest absolute Gasteiger partial charge is 0.454 e. The molecule has 24 heavy (non-hydrogen) atoms. The zero-order valence-corrected chi connectivity index (χ0v) is 13.2. The molecule has 0 fully saturated rings. The average molecular weight is 324 g/mol. The lowest BCUT2D eigenvalue weighted by atomic mass is 10.0.